The third-order valence-electron chi connectivity index (χ3n) is 5.64. The molecule has 3 heterocycles. The highest BCUT2D eigenvalue weighted by atomic mass is 19.1. The van der Waals surface area contributed by atoms with Crippen molar-refractivity contribution in [2.45, 2.75) is 25.9 Å². The number of amides is 1. The number of nitriles is 1. The third kappa shape index (κ3) is 4.76. The molecule has 32 heavy (non-hydrogen) atoms. The molecule has 0 aliphatic carbocycles. The fourth-order valence-corrected chi connectivity index (χ4v) is 4.00. The molecule has 3 aromatic rings. The molecule has 1 unspecified atom stereocenters. The van der Waals surface area contributed by atoms with Crippen LogP contribution in [-0.4, -0.2) is 50.3 Å². The smallest absolute Gasteiger partial charge is 0.248 e. The number of hydrogen-bond donors (Lipinski definition) is 2. The molecule has 1 amide bonds. The normalized spacial score (nSPS) is 15.5. The fourth-order valence-electron chi connectivity index (χ4n) is 4.00. The molecular weight excluding hydrogens is 411 g/mol. The van der Waals surface area contributed by atoms with Crippen LogP contribution < -0.4 is 5.56 Å². The van der Waals surface area contributed by atoms with Crippen molar-refractivity contribution in [3.63, 3.8) is 0 Å². The van der Waals surface area contributed by atoms with Gasteiger partial charge in [-0.2, -0.15) is 5.26 Å². The third-order valence-corrected chi connectivity index (χ3v) is 5.64. The number of carbonyl (C=O) groups is 1. The number of nitrogens with one attached hydrogen (secondary N) is 2. The van der Waals surface area contributed by atoms with Crippen LogP contribution in [0.15, 0.2) is 47.4 Å². The lowest BCUT2D eigenvalue weighted by Crippen LogP contribution is -2.51. The van der Waals surface area contributed by atoms with Crippen LogP contribution in [-0.2, 0) is 17.8 Å². The molecule has 0 spiro atoms. The summed E-state index contributed by atoms with van der Waals surface area (Å²) in [6.45, 7) is 3.51. The van der Waals surface area contributed by atoms with Gasteiger partial charge in [-0.1, -0.05) is 12.1 Å². The summed E-state index contributed by atoms with van der Waals surface area (Å²) in [5.41, 5.74) is 2.08. The summed E-state index contributed by atoms with van der Waals surface area (Å²) in [6, 6.07) is 11.1. The number of imidazole rings is 1. The second-order valence-corrected chi connectivity index (χ2v) is 7.90. The molecule has 2 N–H and O–H groups in total. The molecule has 164 valence electrons. The maximum Gasteiger partial charge on any atom is 0.248 e. The molecule has 2 aromatic heterocycles. The van der Waals surface area contributed by atoms with Gasteiger partial charge in [0.05, 0.1) is 30.4 Å². The van der Waals surface area contributed by atoms with Gasteiger partial charge in [-0.3, -0.25) is 14.5 Å². The monoisotopic (exact) mass is 434 g/mol. The van der Waals surface area contributed by atoms with Crippen molar-refractivity contribution in [3.8, 4) is 6.07 Å². The number of aromatic nitrogens is 3. The summed E-state index contributed by atoms with van der Waals surface area (Å²) in [6.07, 6.45) is 2.20. The zero-order valence-electron chi connectivity index (χ0n) is 17.6. The number of aromatic amines is 2. The lowest BCUT2D eigenvalue weighted by molar-refractivity contribution is -0.137. The highest BCUT2D eigenvalue weighted by Crippen LogP contribution is 2.26. The summed E-state index contributed by atoms with van der Waals surface area (Å²) in [7, 11) is 0. The number of pyridine rings is 1. The molecule has 1 aliphatic heterocycles. The fraction of sp³-hybridized carbons (Fsp3) is 0.304. The first-order chi connectivity index (χ1) is 15.4. The first-order valence-corrected chi connectivity index (χ1v) is 10.3. The van der Waals surface area contributed by atoms with Gasteiger partial charge in [0.15, 0.2) is 0 Å². The molecule has 0 bridgehead atoms. The van der Waals surface area contributed by atoms with E-state index < -0.39 is 5.82 Å². The highest BCUT2D eigenvalue weighted by Gasteiger charge is 2.31. The molecule has 0 saturated carbocycles. The number of rotatable bonds is 6. The Morgan fingerprint density at radius 3 is 2.72 bits per heavy atom. The van der Waals surface area contributed by atoms with E-state index in [0.29, 0.717) is 31.7 Å². The minimum atomic E-state index is -0.553. The maximum atomic E-state index is 14.2. The Kier molecular flexibility index (Phi) is 6.14. The number of benzene rings is 1. The molecule has 9 heteroatoms. The van der Waals surface area contributed by atoms with E-state index in [1.54, 1.807) is 29.3 Å². The van der Waals surface area contributed by atoms with Gasteiger partial charge >= 0.3 is 0 Å². The van der Waals surface area contributed by atoms with Gasteiger partial charge in [0.25, 0.3) is 0 Å². The average Bonchev–Trinajstić information content (AvgIpc) is 3.19. The van der Waals surface area contributed by atoms with E-state index in [-0.39, 0.29) is 29.6 Å². The van der Waals surface area contributed by atoms with Crippen molar-refractivity contribution in [1.82, 2.24) is 24.8 Å². The van der Waals surface area contributed by atoms with Crippen molar-refractivity contribution in [3.05, 3.63) is 87.1 Å². The van der Waals surface area contributed by atoms with Gasteiger partial charge in [0.2, 0.25) is 11.5 Å². The van der Waals surface area contributed by atoms with Gasteiger partial charge < -0.3 is 14.9 Å². The Morgan fingerprint density at radius 2 is 2.06 bits per heavy atom. The maximum absolute atomic E-state index is 14.2. The molecule has 1 fully saturated rings. The molecular formula is C23H23FN6O2. The summed E-state index contributed by atoms with van der Waals surface area (Å²) in [5, 5.41) is 8.98. The topological polar surface area (TPSA) is 109 Å². The molecule has 1 aromatic carbocycles. The zero-order valence-corrected chi connectivity index (χ0v) is 17.6. The highest BCUT2D eigenvalue weighted by molar-refractivity contribution is 5.79. The minimum Gasteiger partial charge on any atom is -0.345 e. The quantitative estimate of drug-likeness (QED) is 0.617. The van der Waals surface area contributed by atoms with Gasteiger partial charge in [-0.15, -0.1) is 0 Å². The Labute approximate surface area is 184 Å². The van der Waals surface area contributed by atoms with Crippen LogP contribution in [0.3, 0.4) is 0 Å². The molecule has 4 rings (SSSR count). The van der Waals surface area contributed by atoms with Crippen molar-refractivity contribution in [2.24, 2.45) is 0 Å². The first-order valence-electron chi connectivity index (χ1n) is 10.3. The van der Waals surface area contributed by atoms with Gasteiger partial charge in [0, 0.05) is 31.0 Å². The number of halogens is 1. The number of aryl methyl sites for hydroxylation is 1. The van der Waals surface area contributed by atoms with E-state index in [2.05, 4.69) is 19.9 Å². The Balaban J connectivity index is 1.52. The lowest BCUT2D eigenvalue weighted by atomic mass is 10.00. The number of hydrogen-bond acceptors (Lipinski definition) is 5. The second kappa shape index (κ2) is 9.16. The van der Waals surface area contributed by atoms with Crippen molar-refractivity contribution in [1.29, 1.82) is 5.26 Å². The van der Waals surface area contributed by atoms with Crippen molar-refractivity contribution >= 4 is 5.91 Å². The Bertz CT molecular complexity index is 1230. The summed E-state index contributed by atoms with van der Waals surface area (Å²) < 4.78 is 14.2. The summed E-state index contributed by atoms with van der Waals surface area (Å²) >= 11 is 0. The SMILES string of the molecule is Cc1ncc(C(Cc2ccc(C#N)c(F)c2)N2CCN(Cc3cccc(=O)[nH]3)C(=O)C2)[nH]1. The van der Waals surface area contributed by atoms with Gasteiger partial charge in [-0.25, -0.2) is 9.37 Å². The van der Waals surface area contributed by atoms with Crippen LogP contribution in [0, 0.1) is 24.1 Å². The Morgan fingerprint density at radius 1 is 1.22 bits per heavy atom. The predicted octanol–water partition coefficient (Wildman–Crippen LogP) is 2.05. The van der Waals surface area contributed by atoms with E-state index in [0.717, 1.165) is 17.1 Å². The molecule has 1 aliphatic rings. The Hall–Kier alpha value is -3.77. The van der Waals surface area contributed by atoms with E-state index in [1.165, 1.54) is 18.2 Å². The van der Waals surface area contributed by atoms with Crippen molar-refractivity contribution < 1.29 is 9.18 Å². The molecule has 8 nitrogen and oxygen atoms in total. The van der Waals surface area contributed by atoms with E-state index in [4.69, 9.17) is 5.26 Å². The van der Waals surface area contributed by atoms with Crippen LogP contribution >= 0.6 is 0 Å². The van der Waals surface area contributed by atoms with E-state index in [9.17, 15) is 14.0 Å². The number of H-pyrrole nitrogens is 2. The average molecular weight is 434 g/mol. The lowest BCUT2D eigenvalue weighted by Gasteiger charge is -2.38. The summed E-state index contributed by atoms with van der Waals surface area (Å²) in [5.74, 6) is 0.157. The standard InChI is InChI=1S/C23H23FN6O2/c1-15-26-12-20(27-15)21(10-16-5-6-17(11-25)19(24)9-16)29-7-8-30(23(32)14-29)13-18-3-2-4-22(31)28-18/h2-6,9,12,21H,7-8,10,13-14H2,1H3,(H,26,27)(H,28,31). The van der Waals surface area contributed by atoms with Gasteiger partial charge in [-0.05, 0) is 37.1 Å². The van der Waals surface area contributed by atoms with Crippen LogP contribution in [0.5, 0.6) is 0 Å². The zero-order chi connectivity index (χ0) is 22.7. The predicted molar refractivity (Wildman–Crippen MR) is 115 cm³/mol. The van der Waals surface area contributed by atoms with Crippen molar-refractivity contribution in [2.75, 3.05) is 19.6 Å². The largest absolute Gasteiger partial charge is 0.345 e. The van der Waals surface area contributed by atoms with Crippen LogP contribution in [0.1, 0.15) is 34.4 Å². The van der Waals surface area contributed by atoms with Crippen LogP contribution in [0.4, 0.5) is 4.39 Å². The number of carbonyl (C=O) groups excluding carboxylic acids is 1. The van der Waals surface area contributed by atoms with Crippen LogP contribution in [0.25, 0.3) is 0 Å². The minimum absolute atomic E-state index is 0.00503. The number of piperazine rings is 1. The first kappa shape index (κ1) is 21.5. The summed E-state index contributed by atoms with van der Waals surface area (Å²) in [4.78, 5) is 38.5. The molecule has 1 saturated heterocycles. The molecule has 1 atom stereocenters. The molecule has 0 radical (unpaired) electrons. The van der Waals surface area contributed by atoms with E-state index in [1.807, 2.05) is 13.0 Å². The number of nitrogens with zero attached hydrogens (tertiary/aromatic N) is 4. The van der Waals surface area contributed by atoms with Gasteiger partial charge in [0.1, 0.15) is 17.7 Å². The van der Waals surface area contributed by atoms with Crippen LogP contribution in [0.2, 0.25) is 0 Å². The second-order valence-electron chi connectivity index (χ2n) is 7.90. The van der Waals surface area contributed by atoms with E-state index >= 15 is 0 Å².